The first-order valence-corrected chi connectivity index (χ1v) is 20.2. The summed E-state index contributed by atoms with van der Waals surface area (Å²) in [7, 11) is 0. The normalized spacial score (nSPS) is 19.6. The maximum absolute atomic E-state index is 13.6. The summed E-state index contributed by atoms with van der Waals surface area (Å²) in [6.45, 7) is 13.3. The van der Waals surface area contributed by atoms with Crippen LogP contribution < -0.4 is 0 Å². The van der Waals surface area contributed by atoms with Crippen LogP contribution in [0.3, 0.4) is 0 Å². The van der Waals surface area contributed by atoms with Crippen LogP contribution in [0.25, 0.3) is 0 Å². The van der Waals surface area contributed by atoms with Gasteiger partial charge < -0.3 is 0 Å². The van der Waals surface area contributed by atoms with Gasteiger partial charge in [0, 0.05) is 0 Å². The van der Waals surface area contributed by atoms with E-state index < -0.39 is 24.0 Å². The third-order valence-electron chi connectivity index (χ3n) is 6.40. The van der Waals surface area contributed by atoms with Gasteiger partial charge in [-0.05, 0) is 0 Å². The summed E-state index contributed by atoms with van der Waals surface area (Å²) in [6, 6.07) is 10.3. The Labute approximate surface area is 194 Å². The van der Waals surface area contributed by atoms with Gasteiger partial charge in [0.15, 0.2) is 0 Å². The maximum atomic E-state index is 13.6. The Morgan fingerprint density at radius 2 is 1.52 bits per heavy atom. The Hall–Kier alpha value is -0.751. The summed E-state index contributed by atoms with van der Waals surface area (Å²) >= 11 is -2.86. The van der Waals surface area contributed by atoms with Crippen molar-refractivity contribution in [3.8, 4) is 0 Å². The van der Waals surface area contributed by atoms with Crippen LogP contribution in [-0.2, 0) is 9.47 Å². The SMILES string of the molecule is CCC[CH2][Sn]([CH2]CCC)([CH2]CCC)[C@H]1OC[C@H](c2ccccc2)N1C(=O)OC(C)(C)C. The summed E-state index contributed by atoms with van der Waals surface area (Å²) in [5.74, 6) is 0. The van der Waals surface area contributed by atoms with Gasteiger partial charge >= 0.3 is 195 Å². The summed E-state index contributed by atoms with van der Waals surface area (Å²) in [4.78, 5) is 15.6. The molecule has 0 bridgehead atoms. The Balaban J connectivity index is 2.47. The number of hydrogen-bond donors (Lipinski definition) is 0. The summed E-state index contributed by atoms with van der Waals surface area (Å²) in [5.41, 5.74) is 0.636. The van der Waals surface area contributed by atoms with Crippen LogP contribution in [0.5, 0.6) is 0 Å². The average Bonchev–Trinajstić information content (AvgIpc) is 3.19. The van der Waals surface area contributed by atoms with Gasteiger partial charge in [-0.2, -0.15) is 0 Å². The van der Waals surface area contributed by atoms with E-state index in [9.17, 15) is 4.79 Å². The molecule has 0 aliphatic carbocycles. The second kappa shape index (κ2) is 12.5. The van der Waals surface area contributed by atoms with Gasteiger partial charge in [-0.3, -0.25) is 0 Å². The van der Waals surface area contributed by atoms with Crippen molar-refractivity contribution in [1.29, 1.82) is 0 Å². The van der Waals surface area contributed by atoms with Gasteiger partial charge in [0.05, 0.1) is 0 Å². The standard InChI is InChI=1S/C14H18NO3.3C4H9.Sn/c1-14(2,3)18-13(16)15-10-17-9-12(15)11-7-5-4-6-8-11;3*1-3-4-2;/h4-8,10,12H,9H2,1-3H3;3*1,3-4H2,2H3;/t12-;;;;/m1..../s1. The molecule has 176 valence electrons. The molecule has 4 nitrogen and oxygen atoms in total. The minimum absolute atomic E-state index is 0.0287. The molecular weight excluding hydrogens is 493 g/mol. The fourth-order valence-electron chi connectivity index (χ4n) is 4.78. The van der Waals surface area contributed by atoms with Crippen LogP contribution in [-0.4, -0.2) is 45.8 Å². The molecule has 0 aromatic heterocycles. The second-order valence-corrected chi connectivity index (χ2v) is 23.6. The number of amides is 1. The number of hydrogen-bond acceptors (Lipinski definition) is 3. The molecule has 1 amide bonds. The minimum atomic E-state index is -2.86. The predicted molar refractivity (Wildman–Crippen MR) is 132 cm³/mol. The van der Waals surface area contributed by atoms with Crippen molar-refractivity contribution in [2.24, 2.45) is 0 Å². The van der Waals surface area contributed by atoms with Crippen molar-refractivity contribution >= 4 is 24.5 Å². The van der Waals surface area contributed by atoms with E-state index in [0.717, 1.165) is 5.56 Å². The number of rotatable bonds is 11. The molecule has 0 radical (unpaired) electrons. The number of nitrogens with zero attached hydrogens (tertiary/aromatic N) is 1. The van der Waals surface area contributed by atoms with Crippen LogP contribution >= 0.6 is 0 Å². The zero-order valence-electron chi connectivity index (χ0n) is 20.8. The molecule has 1 aliphatic heterocycles. The summed E-state index contributed by atoms with van der Waals surface area (Å²) in [5, 5.41) is 0. The fourth-order valence-corrected chi connectivity index (χ4v) is 21.9. The molecule has 0 spiro atoms. The van der Waals surface area contributed by atoms with Gasteiger partial charge in [-0.1, -0.05) is 0 Å². The number of carbonyl (C=O) groups excluding carboxylic acids is 1. The first kappa shape index (κ1) is 26.5. The van der Waals surface area contributed by atoms with Crippen LogP contribution in [0.15, 0.2) is 30.3 Å². The number of carbonyl (C=O) groups is 1. The Bertz CT molecular complexity index is 637. The molecule has 1 saturated heterocycles. The first-order valence-electron chi connectivity index (χ1n) is 12.5. The van der Waals surface area contributed by atoms with Crippen LogP contribution in [0.1, 0.15) is 91.7 Å². The fraction of sp³-hybridized carbons (Fsp3) is 0.731. The van der Waals surface area contributed by atoms with E-state index in [-0.39, 0.29) is 16.4 Å². The molecule has 0 N–H and O–H groups in total. The molecule has 31 heavy (non-hydrogen) atoms. The summed E-state index contributed by atoms with van der Waals surface area (Å²) in [6.07, 6.45) is 7.17. The van der Waals surface area contributed by atoms with Crippen molar-refractivity contribution in [3.63, 3.8) is 0 Å². The molecule has 1 heterocycles. The van der Waals surface area contributed by atoms with Gasteiger partial charge in [-0.25, -0.2) is 0 Å². The van der Waals surface area contributed by atoms with Crippen molar-refractivity contribution in [2.75, 3.05) is 6.61 Å². The van der Waals surface area contributed by atoms with E-state index in [2.05, 4.69) is 45.0 Å². The molecule has 0 unspecified atom stereocenters. The topological polar surface area (TPSA) is 38.8 Å². The molecular formula is C26H45NO3Sn. The van der Waals surface area contributed by atoms with Crippen LogP contribution in [0, 0.1) is 0 Å². The van der Waals surface area contributed by atoms with Crippen molar-refractivity contribution < 1.29 is 14.3 Å². The molecule has 1 fully saturated rings. The molecule has 1 aromatic carbocycles. The van der Waals surface area contributed by atoms with E-state index in [0.29, 0.717) is 6.61 Å². The van der Waals surface area contributed by atoms with E-state index in [4.69, 9.17) is 9.47 Å². The second-order valence-electron chi connectivity index (χ2n) is 10.2. The molecule has 2 atom stereocenters. The van der Waals surface area contributed by atoms with E-state index in [1.165, 1.54) is 51.8 Å². The zero-order chi connectivity index (χ0) is 22.9. The van der Waals surface area contributed by atoms with Crippen LogP contribution in [0.4, 0.5) is 4.79 Å². The number of unbranched alkanes of at least 4 members (excludes halogenated alkanes) is 3. The Morgan fingerprint density at radius 3 is 1.97 bits per heavy atom. The van der Waals surface area contributed by atoms with E-state index in [1.807, 2.05) is 31.7 Å². The quantitative estimate of drug-likeness (QED) is 0.271. The summed E-state index contributed by atoms with van der Waals surface area (Å²) < 4.78 is 16.5. The zero-order valence-corrected chi connectivity index (χ0v) is 23.6. The monoisotopic (exact) mass is 539 g/mol. The molecule has 0 saturated carbocycles. The van der Waals surface area contributed by atoms with Crippen molar-refractivity contribution in [2.45, 2.75) is 109 Å². The number of benzene rings is 1. The third kappa shape index (κ3) is 7.38. The molecule has 1 aliphatic rings. The third-order valence-corrected chi connectivity index (χ3v) is 22.2. The Kier molecular flexibility index (Phi) is 10.7. The first-order chi connectivity index (χ1) is 14.8. The van der Waals surface area contributed by atoms with Gasteiger partial charge in [0.25, 0.3) is 0 Å². The van der Waals surface area contributed by atoms with Gasteiger partial charge in [0.2, 0.25) is 0 Å². The van der Waals surface area contributed by atoms with E-state index >= 15 is 0 Å². The number of ether oxygens (including phenoxy) is 2. The average molecular weight is 538 g/mol. The van der Waals surface area contributed by atoms with E-state index in [1.54, 1.807) is 0 Å². The van der Waals surface area contributed by atoms with Crippen LogP contribution in [0.2, 0.25) is 13.3 Å². The Morgan fingerprint density at radius 1 is 1.00 bits per heavy atom. The van der Waals surface area contributed by atoms with Crippen molar-refractivity contribution in [1.82, 2.24) is 4.90 Å². The predicted octanol–water partition coefficient (Wildman–Crippen LogP) is 7.71. The van der Waals surface area contributed by atoms with Crippen molar-refractivity contribution in [3.05, 3.63) is 35.9 Å². The van der Waals surface area contributed by atoms with Gasteiger partial charge in [0.1, 0.15) is 0 Å². The molecule has 5 heteroatoms. The van der Waals surface area contributed by atoms with Gasteiger partial charge in [-0.15, -0.1) is 0 Å². The molecule has 2 rings (SSSR count). The molecule has 1 aromatic rings.